The van der Waals surface area contributed by atoms with Crippen LogP contribution in [0.1, 0.15) is 40.7 Å². The smallest absolute Gasteiger partial charge is 0.306 e. The van der Waals surface area contributed by atoms with Crippen LogP contribution in [0.15, 0.2) is 54.6 Å². The molecule has 2 rings (SSSR count). The van der Waals surface area contributed by atoms with Crippen molar-refractivity contribution < 1.29 is 19.1 Å². The van der Waals surface area contributed by atoms with Gasteiger partial charge in [0, 0.05) is 12.0 Å². The molecule has 0 atom stereocenters. The number of amides is 2. The summed E-state index contributed by atoms with van der Waals surface area (Å²) in [6, 6.07) is 16.9. The number of rotatable bonds is 8. The highest BCUT2D eigenvalue weighted by atomic mass is 32.1. The zero-order chi connectivity index (χ0) is 21.8. The van der Waals surface area contributed by atoms with Gasteiger partial charge in [-0.25, -0.2) is 0 Å². The van der Waals surface area contributed by atoms with E-state index in [4.69, 9.17) is 17.0 Å². The maximum absolute atomic E-state index is 12.0. The third kappa shape index (κ3) is 8.83. The molecule has 0 saturated heterocycles. The number of esters is 1. The number of carbonyl (C=O) groups excluding carboxylic acids is 3. The normalized spacial score (nSPS) is 10.0. The predicted octanol–water partition coefficient (Wildman–Crippen LogP) is 2.59. The average molecular weight is 428 g/mol. The van der Waals surface area contributed by atoms with Crippen molar-refractivity contribution in [3.05, 3.63) is 71.3 Å². The number of hydrogen-bond donors (Lipinski definition) is 3. The van der Waals surface area contributed by atoms with Crippen molar-refractivity contribution in [3.8, 4) is 0 Å². The molecule has 2 aromatic rings. The maximum Gasteiger partial charge on any atom is 0.306 e. The van der Waals surface area contributed by atoms with E-state index in [0.29, 0.717) is 12.2 Å². The second-order valence-corrected chi connectivity index (χ2v) is 7.04. The van der Waals surface area contributed by atoms with E-state index in [1.54, 1.807) is 12.1 Å². The predicted molar refractivity (Wildman–Crippen MR) is 117 cm³/mol. The molecule has 0 aliphatic carbocycles. The van der Waals surface area contributed by atoms with E-state index in [9.17, 15) is 14.4 Å². The Morgan fingerprint density at radius 3 is 2.33 bits per heavy atom. The van der Waals surface area contributed by atoms with E-state index in [1.165, 1.54) is 5.56 Å². The molecule has 0 heterocycles. The van der Waals surface area contributed by atoms with Gasteiger partial charge < -0.3 is 10.1 Å². The summed E-state index contributed by atoms with van der Waals surface area (Å²) in [5.74, 6) is -1.27. The Bertz CT molecular complexity index is 870. The summed E-state index contributed by atoms with van der Waals surface area (Å²) >= 11 is 4.96. The molecule has 3 N–H and O–H groups in total. The van der Waals surface area contributed by atoms with Crippen LogP contribution >= 0.6 is 12.2 Å². The quantitative estimate of drug-likeness (QED) is 0.259. The topological polar surface area (TPSA) is 96.5 Å². The minimum atomic E-state index is -0.446. The molecule has 0 bridgehead atoms. The summed E-state index contributed by atoms with van der Waals surface area (Å²) in [6.07, 6.45) is 1.43. The van der Waals surface area contributed by atoms with Gasteiger partial charge in [-0.1, -0.05) is 48.0 Å². The lowest BCUT2D eigenvalue weighted by atomic mass is 10.1. The molecule has 0 aliphatic heterocycles. The van der Waals surface area contributed by atoms with Gasteiger partial charge in [-0.05, 0) is 49.7 Å². The number of hydrazine groups is 1. The first-order valence-corrected chi connectivity index (χ1v) is 10.0. The van der Waals surface area contributed by atoms with Crippen LogP contribution in [-0.4, -0.2) is 29.5 Å². The first-order chi connectivity index (χ1) is 14.4. The van der Waals surface area contributed by atoms with Crippen LogP contribution in [0.5, 0.6) is 0 Å². The van der Waals surface area contributed by atoms with E-state index in [2.05, 4.69) is 16.2 Å². The van der Waals surface area contributed by atoms with Gasteiger partial charge in [0.2, 0.25) is 5.91 Å². The monoisotopic (exact) mass is 427 g/mol. The molecular formula is C22H25N3O4S. The van der Waals surface area contributed by atoms with Gasteiger partial charge in [-0.3, -0.25) is 25.2 Å². The van der Waals surface area contributed by atoms with Gasteiger partial charge in [0.15, 0.2) is 5.11 Å². The summed E-state index contributed by atoms with van der Waals surface area (Å²) in [4.78, 5) is 35.6. The lowest BCUT2D eigenvalue weighted by Crippen LogP contribution is -2.48. The largest absolute Gasteiger partial charge is 0.466 e. The van der Waals surface area contributed by atoms with E-state index >= 15 is 0 Å². The summed E-state index contributed by atoms with van der Waals surface area (Å²) in [5, 5.41) is 2.34. The standard InChI is InChI=1S/C22H25N3O4S/c1-16-9-11-18(12-10-16)21(28)24-25-22(30)23-19(26)13-14-20(27)29-15-5-8-17-6-3-2-4-7-17/h2-4,6-7,9-12H,5,8,13-15H2,1H3,(H,24,28)(H2,23,25,26,30). The number of thiocarbonyl (C=S) groups is 1. The van der Waals surface area contributed by atoms with E-state index < -0.39 is 11.9 Å². The molecule has 0 radical (unpaired) electrons. The Hall–Kier alpha value is -3.26. The van der Waals surface area contributed by atoms with Crippen molar-refractivity contribution >= 4 is 35.1 Å². The van der Waals surface area contributed by atoms with E-state index in [0.717, 1.165) is 18.4 Å². The molecule has 7 nitrogen and oxygen atoms in total. The highest BCUT2D eigenvalue weighted by Gasteiger charge is 2.10. The Morgan fingerprint density at radius 1 is 0.933 bits per heavy atom. The van der Waals surface area contributed by atoms with Crippen LogP contribution in [0.2, 0.25) is 0 Å². The van der Waals surface area contributed by atoms with Crippen molar-refractivity contribution in [3.63, 3.8) is 0 Å². The maximum atomic E-state index is 12.0. The SMILES string of the molecule is Cc1ccc(C(=O)NNC(=S)NC(=O)CCC(=O)OCCCc2ccccc2)cc1. The lowest BCUT2D eigenvalue weighted by Gasteiger charge is -2.11. The Balaban J connectivity index is 1.56. The molecule has 0 fully saturated rings. The molecule has 0 unspecified atom stereocenters. The molecule has 0 saturated carbocycles. The van der Waals surface area contributed by atoms with E-state index in [1.807, 2.05) is 49.4 Å². The van der Waals surface area contributed by atoms with Gasteiger partial charge in [-0.2, -0.15) is 0 Å². The number of ether oxygens (including phenoxy) is 1. The highest BCUT2D eigenvalue weighted by molar-refractivity contribution is 7.80. The van der Waals surface area contributed by atoms with Gasteiger partial charge >= 0.3 is 5.97 Å². The summed E-state index contributed by atoms with van der Waals surface area (Å²) in [6.45, 7) is 2.23. The Kier molecular flexibility index (Phi) is 9.47. The molecule has 2 amide bonds. The van der Waals surface area contributed by atoms with Crippen molar-refractivity contribution in [1.82, 2.24) is 16.2 Å². The van der Waals surface area contributed by atoms with Crippen LogP contribution in [0.3, 0.4) is 0 Å². The van der Waals surface area contributed by atoms with E-state index in [-0.39, 0.29) is 23.9 Å². The van der Waals surface area contributed by atoms with Crippen molar-refractivity contribution in [2.75, 3.05) is 6.61 Å². The van der Waals surface area contributed by atoms with Crippen LogP contribution in [-0.2, 0) is 20.7 Å². The fourth-order valence-corrected chi connectivity index (χ4v) is 2.67. The molecule has 158 valence electrons. The summed E-state index contributed by atoms with van der Waals surface area (Å²) in [7, 11) is 0. The summed E-state index contributed by atoms with van der Waals surface area (Å²) in [5.41, 5.74) is 7.53. The van der Waals surface area contributed by atoms with Gasteiger partial charge in [0.1, 0.15) is 0 Å². The first-order valence-electron chi connectivity index (χ1n) is 9.60. The van der Waals surface area contributed by atoms with Crippen LogP contribution in [0.4, 0.5) is 0 Å². The zero-order valence-corrected chi connectivity index (χ0v) is 17.6. The fourth-order valence-electron chi connectivity index (χ4n) is 2.51. The molecule has 2 aromatic carbocycles. The fraction of sp³-hybridized carbons (Fsp3) is 0.273. The second-order valence-electron chi connectivity index (χ2n) is 6.63. The van der Waals surface area contributed by atoms with Gasteiger partial charge in [0.05, 0.1) is 13.0 Å². The summed E-state index contributed by atoms with van der Waals surface area (Å²) < 4.78 is 5.13. The van der Waals surface area contributed by atoms with Crippen molar-refractivity contribution in [1.29, 1.82) is 0 Å². The van der Waals surface area contributed by atoms with Crippen LogP contribution in [0, 0.1) is 6.92 Å². The van der Waals surface area contributed by atoms with Crippen LogP contribution < -0.4 is 16.2 Å². The second kappa shape index (κ2) is 12.3. The third-order valence-corrected chi connectivity index (χ3v) is 4.33. The Morgan fingerprint density at radius 2 is 1.63 bits per heavy atom. The average Bonchev–Trinajstić information content (AvgIpc) is 2.75. The van der Waals surface area contributed by atoms with Crippen molar-refractivity contribution in [2.45, 2.75) is 32.6 Å². The molecule has 30 heavy (non-hydrogen) atoms. The number of hydrogen-bond acceptors (Lipinski definition) is 5. The minimum Gasteiger partial charge on any atom is -0.466 e. The third-order valence-electron chi connectivity index (χ3n) is 4.13. The zero-order valence-electron chi connectivity index (χ0n) is 16.8. The molecular weight excluding hydrogens is 402 g/mol. The van der Waals surface area contributed by atoms with Crippen molar-refractivity contribution in [2.24, 2.45) is 0 Å². The minimum absolute atomic E-state index is 0.0461. The van der Waals surface area contributed by atoms with Gasteiger partial charge in [-0.15, -0.1) is 0 Å². The molecule has 0 aromatic heterocycles. The Labute approximate surface area is 181 Å². The lowest BCUT2D eigenvalue weighted by molar-refractivity contribution is -0.145. The first kappa shape index (κ1) is 23.0. The number of nitrogens with one attached hydrogen (secondary N) is 3. The molecule has 0 spiro atoms. The number of benzene rings is 2. The highest BCUT2D eigenvalue weighted by Crippen LogP contribution is 2.04. The van der Waals surface area contributed by atoms with Gasteiger partial charge in [0.25, 0.3) is 5.91 Å². The molecule has 0 aliphatic rings. The number of carbonyl (C=O) groups is 3. The molecule has 8 heteroatoms. The number of aryl methyl sites for hydroxylation is 2. The van der Waals surface area contributed by atoms with Crippen LogP contribution in [0.25, 0.3) is 0 Å².